The average molecular weight is 334 g/mol. The summed E-state index contributed by atoms with van der Waals surface area (Å²) in [4.78, 5) is 25.6. The molecule has 0 radical (unpaired) electrons. The smallest absolute Gasteiger partial charge is 0.324 e. The summed E-state index contributed by atoms with van der Waals surface area (Å²) in [6.45, 7) is 4.45. The fourth-order valence-electron chi connectivity index (χ4n) is 3.02. The second-order valence-electron chi connectivity index (χ2n) is 6.24. The number of amides is 3. The zero-order valence-corrected chi connectivity index (χ0v) is 14.8. The van der Waals surface area contributed by atoms with Crippen molar-refractivity contribution in [2.45, 2.75) is 39.2 Å². The molecule has 0 aliphatic carbocycles. The Balaban J connectivity index is 1.99. The van der Waals surface area contributed by atoms with Gasteiger partial charge in [-0.15, -0.1) is 0 Å². The first-order chi connectivity index (χ1) is 11.5. The van der Waals surface area contributed by atoms with Gasteiger partial charge in [-0.25, -0.2) is 4.79 Å². The highest BCUT2D eigenvalue weighted by Gasteiger charge is 2.37. The molecule has 1 aliphatic heterocycles. The second kappa shape index (κ2) is 8.04. The van der Waals surface area contributed by atoms with Gasteiger partial charge in [-0.05, 0) is 36.5 Å². The van der Waals surface area contributed by atoms with Gasteiger partial charge in [0.05, 0.1) is 14.2 Å². The normalized spacial score (nSPS) is 18.5. The number of hydrogen-bond donors (Lipinski definition) is 1. The third kappa shape index (κ3) is 3.99. The molecule has 0 bridgehead atoms. The molecule has 6 nitrogen and oxygen atoms in total. The Morgan fingerprint density at radius 3 is 2.54 bits per heavy atom. The van der Waals surface area contributed by atoms with Gasteiger partial charge in [0.15, 0.2) is 11.5 Å². The molecule has 1 heterocycles. The molecule has 6 heteroatoms. The van der Waals surface area contributed by atoms with Gasteiger partial charge >= 0.3 is 6.03 Å². The van der Waals surface area contributed by atoms with Gasteiger partial charge in [0.2, 0.25) is 0 Å². The van der Waals surface area contributed by atoms with E-state index in [1.165, 1.54) is 4.90 Å². The summed E-state index contributed by atoms with van der Waals surface area (Å²) < 4.78 is 10.5. The molecule has 1 N–H and O–H groups in total. The first-order valence-electron chi connectivity index (χ1n) is 8.32. The highest BCUT2D eigenvalue weighted by molar-refractivity contribution is 6.04. The number of hydrogen-bond acceptors (Lipinski definition) is 4. The van der Waals surface area contributed by atoms with Crippen LogP contribution in [0.2, 0.25) is 0 Å². The van der Waals surface area contributed by atoms with Gasteiger partial charge in [-0.1, -0.05) is 26.3 Å². The molecule has 0 spiro atoms. The van der Waals surface area contributed by atoms with E-state index in [0.29, 0.717) is 24.5 Å². The van der Waals surface area contributed by atoms with E-state index < -0.39 is 0 Å². The van der Waals surface area contributed by atoms with Crippen molar-refractivity contribution in [1.82, 2.24) is 10.2 Å². The lowest BCUT2D eigenvalue weighted by Crippen LogP contribution is -2.35. The standard InChI is InChI=1S/C18H26N2O4/c1-5-6-14-17(21)20(18(22)19-14)11-12(2)9-13-7-8-15(23-3)16(10-13)24-4/h7-8,10,12,14H,5-6,9,11H2,1-4H3,(H,19,22)/t12-,14-/m0/s1. The van der Waals surface area contributed by atoms with E-state index in [-0.39, 0.29) is 23.9 Å². The van der Waals surface area contributed by atoms with Crippen LogP contribution in [0.5, 0.6) is 11.5 Å². The fraction of sp³-hybridized carbons (Fsp3) is 0.556. The number of urea groups is 1. The lowest BCUT2D eigenvalue weighted by molar-refractivity contribution is -0.128. The molecule has 1 aliphatic rings. The summed E-state index contributed by atoms with van der Waals surface area (Å²) >= 11 is 0. The predicted molar refractivity (Wildman–Crippen MR) is 91.4 cm³/mol. The van der Waals surface area contributed by atoms with Gasteiger partial charge in [0, 0.05) is 6.54 Å². The van der Waals surface area contributed by atoms with Gasteiger partial charge in [-0.3, -0.25) is 9.69 Å². The van der Waals surface area contributed by atoms with Crippen LogP contribution in [0.1, 0.15) is 32.3 Å². The minimum absolute atomic E-state index is 0.110. The van der Waals surface area contributed by atoms with Gasteiger partial charge in [-0.2, -0.15) is 0 Å². The summed E-state index contributed by atoms with van der Waals surface area (Å²) in [5, 5.41) is 2.76. The highest BCUT2D eigenvalue weighted by atomic mass is 16.5. The highest BCUT2D eigenvalue weighted by Crippen LogP contribution is 2.28. The average Bonchev–Trinajstić information content (AvgIpc) is 2.82. The van der Waals surface area contributed by atoms with Crippen molar-refractivity contribution in [2.24, 2.45) is 5.92 Å². The van der Waals surface area contributed by atoms with Crippen LogP contribution in [0.4, 0.5) is 4.79 Å². The minimum Gasteiger partial charge on any atom is -0.493 e. The van der Waals surface area contributed by atoms with E-state index in [1.807, 2.05) is 32.0 Å². The number of methoxy groups -OCH3 is 2. The number of carbonyl (C=O) groups is 2. The molecule has 0 aromatic heterocycles. The van der Waals surface area contributed by atoms with E-state index in [0.717, 1.165) is 18.4 Å². The maximum absolute atomic E-state index is 12.3. The Morgan fingerprint density at radius 1 is 1.21 bits per heavy atom. The Bertz CT molecular complexity index is 603. The van der Waals surface area contributed by atoms with Crippen LogP contribution in [0.3, 0.4) is 0 Å². The molecule has 1 saturated heterocycles. The Labute approximate surface area is 143 Å². The van der Waals surface area contributed by atoms with E-state index in [9.17, 15) is 9.59 Å². The first kappa shape index (κ1) is 18.1. The topological polar surface area (TPSA) is 67.9 Å². The lowest BCUT2D eigenvalue weighted by atomic mass is 10.00. The maximum Gasteiger partial charge on any atom is 0.324 e. The van der Waals surface area contributed by atoms with Crippen LogP contribution in [0, 0.1) is 5.92 Å². The van der Waals surface area contributed by atoms with Crippen LogP contribution in [0.25, 0.3) is 0 Å². The van der Waals surface area contributed by atoms with Crippen LogP contribution >= 0.6 is 0 Å². The predicted octanol–water partition coefficient (Wildman–Crippen LogP) is 2.60. The molecule has 3 amide bonds. The third-order valence-electron chi connectivity index (χ3n) is 4.21. The van der Waals surface area contributed by atoms with Gasteiger partial charge in [0.1, 0.15) is 6.04 Å². The molecular weight excluding hydrogens is 308 g/mol. The van der Waals surface area contributed by atoms with Gasteiger partial charge in [0.25, 0.3) is 5.91 Å². The molecular formula is C18H26N2O4. The second-order valence-corrected chi connectivity index (χ2v) is 6.24. The van der Waals surface area contributed by atoms with E-state index >= 15 is 0 Å². The summed E-state index contributed by atoms with van der Waals surface area (Å²) in [5.74, 6) is 1.41. The van der Waals surface area contributed by atoms with Crippen molar-refractivity contribution in [3.63, 3.8) is 0 Å². The SMILES string of the molecule is CCC[C@@H]1NC(=O)N(C[C@@H](C)Cc2ccc(OC)c(OC)c2)C1=O. The summed E-state index contributed by atoms with van der Waals surface area (Å²) in [6, 6.07) is 5.13. The lowest BCUT2D eigenvalue weighted by Gasteiger charge is -2.19. The molecule has 0 unspecified atom stereocenters. The van der Waals surface area contributed by atoms with Crippen LogP contribution in [0.15, 0.2) is 18.2 Å². The number of benzene rings is 1. The van der Waals surface area contributed by atoms with Crippen molar-refractivity contribution < 1.29 is 19.1 Å². The van der Waals surface area contributed by atoms with Crippen molar-refractivity contribution in [3.05, 3.63) is 23.8 Å². The molecule has 0 saturated carbocycles. The molecule has 1 aromatic carbocycles. The van der Waals surface area contributed by atoms with Gasteiger partial charge < -0.3 is 14.8 Å². The number of rotatable bonds is 8. The van der Waals surface area contributed by atoms with E-state index in [1.54, 1.807) is 14.2 Å². The molecule has 1 fully saturated rings. The summed E-state index contributed by atoms with van der Waals surface area (Å²) in [6.07, 6.45) is 2.30. The number of ether oxygens (including phenoxy) is 2. The summed E-state index contributed by atoms with van der Waals surface area (Å²) in [5.41, 5.74) is 1.08. The zero-order valence-electron chi connectivity index (χ0n) is 14.8. The quantitative estimate of drug-likeness (QED) is 0.742. The van der Waals surface area contributed by atoms with E-state index in [2.05, 4.69) is 5.32 Å². The van der Waals surface area contributed by atoms with Crippen molar-refractivity contribution in [1.29, 1.82) is 0 Å². The minimum atomic E-state index is -0.365. The number of nitrogens with one attached hydrogen (secondary N) is 1. The first-order valence-corrected chi connectivity index (χ1v) is 8.32. The largest absolute Gasteiger partial charge is 0.493 e. The Hall–Kier alpha value is -2.24. The zero-order chi connectivity index (χ0) is 17.7. The van der Waals surface area contributed by atoms with Crippen molar-refractivity contribution in [3.8, 4) is 11.5 Å². The molecule has 2 rings (SSSR count). The molecule has 1 aromatic rings. The van der Waals surface area contributed by atoms with E-state index in [4.69, 9.17) is 9.47 Å². The molecule has 24 heavy (non-hydrogen) atoms. The monoisotopic (exact) mass is 334 g/mol. The number of carbonyl (C=O) groups excluding carboxylic acids is 2. The van der Waals surface area contributed by atoms with Crippen molar-refractivity contribution >= 4 is 11.9 Å². The Morgan fingerprint density at radius 2 is 1.92 bits per heavy atom. The summed E-state index contributed by atoms with van der Waals surface area (Å²) in [7, 11) is 3.20. The fourth-order valence-corrected chi connectivity index (χ4v) is 3.02. The molecule has 132 valence electrons. The van der Waals surface area contributed by atoms with Crippen molar-refractivity contribution in [2.75, 3.05) is 20.8 Å². The number of nitrogens with zero attached hydrogens (tertiary/aromatic N) is 1. The number of imide groups is 1. The molecule has 2 atom stereocenters. The van der Waals surface area contributed by atoms with Crippen LogP contribution < -0.4 is 14.8 Å². The third-order valence-corrected chi connectivity index (χ3v) is 4.21. The Kier molecular flexibility index (Phi) is 6.06. The maximum atomic E-state index is 12.3. The van der Waals surface area contributed by atoms with Crippen LogP contribution in [-0.4, -0.2) is 43.6 Å². The van der Waals surface area contributed by atoms with Crippen LogP contribution in [-0.2, 0) is 11.2 Å².